The van der Waals surface area contributed by atoms with Gasteiger partial charge in [0.15, 0.2) is 0 Å². The Hall–Kier alpha value is -1.32. The van der Waals surface area contributed by atoms with E-state index in [1.807, 2.05) is 13.8 Å². The molecule has 0 aliphatic heterocycles. The number of carboxylic acid groups (broad SMARTS) is 1. The molecule has 0 aliphatic rings. The second kappa shape index (κ2) is 4.54. The average Bonchev–Trinajstić information content (AvgIpc) is 2.35. The Bertz CT molecular complexity index is 247. The summed E-state index contributed by atoms with van der Waals surface area (Å²) >= 11 is 0. The first kappa shape index (κ1) is 10.7. The zero-order valence-electron chi connectivity index (χ0n) is 7.83. The Morgan fingerprint density at radius 2 is 2.08 bits per heavy atom. The van der Waals surface area contributed by atoms with Crippen molar-refractivity contribution in [1.82, 2.24) is 9.78 Å². The van der Waals surface area contributed by atoms with E-state index in [4.69, 9.17) is 5.11 Å². The number of hydrogen-bond acceptors (Lipinski definition) is 2. The molecule has 0 aromatic carbocycles. The van der Waals surface area contributed by atoms with Gasteiger partial charge in [-0.25, -0.2) is 4.79 Å². The molecule has 0 radical (unpaired) electrons. The summed E-state index contributed by atoms with van der Waals surface area (Å²) in [4.78, 5) is 10.4. The highest BCUT2D eigenvalue weighted by Crippen LogP contribution is 2.03. The van der Waals surface area contributed by atoms with Gasteiger partial charge in [0.05, 0.1) is 6.20 Å². The van der Waals surface area contributed by atoms with Crippen LogP contribution in [-0.4, -0.2) is 20.9 Å². The van der Waals surface area contributed by atoms with Gasteiger partial charge < -0.3 is 5.11 Å². The molecule has 0 atom stereocenters. The lowest BCUT2D eigenvalue weighted by molar-refractivity contribution is 0.0684. The van der Waals surface area contributed by atoms with E-state index >= 15 is 0 Å². The van der Waals surface area contributed by atoms with Crippen LogP contribution < -0.4 is 0 Å². The highest BCUT2D eigenvalue weighted by molar-refractivity contribution is 5.87. The van der Waals surface area contributed by atoms with Crippen LogP contribution in [0.2, 0.25) is 0 Å². The molecule has 1 heterocycles. The van der Waals surface area contributed by atoms with Gasteiger partial charge in [0.1, 0.15) is 5.69 Å². The van der Waals surface area contributed by atoms with E-state index in [0.717, 1.165) is 0 Å². The van der Waals surface area contributed by atoms with Crippen LogP contribution >= 0.6 is 0 Å². The maximum atomic E-state index is 10.4. The zero-order valence-corrected chi connectivity index (χ0v) is 7.83. The van der Waals surface area contributed by atoms with Crippen molar-refractivity contribution in [2.75, 3.05) is 0 Å². The molecule has 4 nitrogen and oxygen atoms in total. The van der Waals surface area contributed by atoms with Crippen molar-refractivity contribution < 1.29 is 9.90 Å². The number of aromatic carboxylic acids is 1. The van der Waals surface area contributed by atoms with Crippen LogP contribution in [0.4, 0.5) is 0 Å². The summed E-state index contributed by atoms with van der Waals surface area (Å²) in [6.45, 7) is 5.72. The van der Waals surface area contributed by atoms with Gasteiger partial charge in [-0.2, -0.15) is 5.10 Å². The molecule has 0 saturated carbocycles. The molecule has 0 bridgehead atoms. The number of rotatable bonds is 1. The Kier molecular flexibility index (Phi) is 4.04. The molecule has 1 aromatic rings. The molecule has 0 unspecified atom stereocenters. The fourth-order valence-electron chi connectivity index (χ4n) is 0.854. The average molecular weight is 170 g/mol. The first-order valence-electron chi connectivity index (χ1n) is 3.85. The van der Waals surface area contributed by atoms with E-state index in [-0.39, 0.29) is 5.69 Å². The van der Waals surface area contributed by atoms with Gasteiger partial charge in [-0.05, 0) is 6.92 Å². The standard InChI is InChI=1S/C6H8N2O2.C2H6/c1-4-3-7-8(2)5(4)6(9)10;1-2/h3H,1-2H3,(H,9,10);1-2H3. The number of carbonyl (C=O) groups is 1. The fourth-order valence-corrected chi connectivity index (χ4v) is 0.854. The first-order valence-corrected chi connectivity index (χ1v) is 3.85. The lowest BCUT2D eigenvalue weighted by Crippen LogP contribution is -2.06. The first-order chi connectivity index (χ1) is 5.63. The van der Waals surface area contributed by atoms with Crippen LogP contribution in [0.15, 0.2) is 6.20 Å². The van der Waals surface area contributed by atoms with E-state index in [1.54, 1.807) is 14.0 Å². The predicted molar refractivity (Wildman–Crippen MR) is 46.3 cm³/mol. The highest BCUT2D eigenvalue weighted by Gasteiger charge is 2.10. The zero-order chi connectivity index (χ0) is 9.72. The van der Waals surface area contributed by atoms with Gasteiger partial charge in [0, 0.05) is 12.6 Å². The van der Waals surface area contributed by atoms with Gasteiger partial charge >= 0.3 is 5.97 Å². The second-order valence-corrected chi connectivity index (χ2v) is 2.10. The van der Waals surface area contributed by atoms with Crippen LogP contribution in [-0.2, 0) is 7.05 Å². The fraction of sp³-hybridized carbons (Fsp3) is 0.500. The summed E-state index contributed by atoms with van der Waals surface area (Å²) < 4.78 is 1.34. The van der Waals surface area contributed by atoms with Crippen molar-refractivity contribution in [3.05, 3.63) is 17.5 Å². The maximum Gasteiger partial charge on any atom is 0.354 e. The predicted octanol–water partition coefficient (Wildman–Crippen LogP) is 1.45. The van der Waals surface area contributed by atoms with Crippen molar-refractivity contribution in [2.24, 2.45) is 7.05 Å². The monoisotopic (exact) mass is 170 g/mol. The van der Waals surface area contributed by atoms with E-state index in [9.17, 15) is 4.79 Å². The van der Waals surface area contributed by atoms with Crippen molar-refractivity contribution in [2.45, 2.75) is 20.8 Å². The summed E-state index contributed by atoms with van der Waals surface area (Å²) in [5.74, 6) is -0.933. The SMILES string of the molecule is CC.Cc1cnn(C)c1C(=O)O. The van der Waals surface area contributed by atoms with Gasteiger partial charge in [0.2, 0.25) is 0 Å². The molecular formula is C8H14N2O2. The van der Waals surface area contributed by atoms with Crippen LogP contribution in [0.3, 0.4) is 0 Å². The third-order valence-electron chi connectivity index (χ3n) is 1.32. The third-order valence-corrected chi connectivity index (χ3v) is 1.32. The Balaban J connectivity index is 0.000000561. The Labute approximate surface area is 71.8 Å². The molecule has 0 spiro atoms. The number of hydrogen-bond donors (Lipinski definition) is 1. The molecule has 1 aromatic heterocycles. The Morgan fingerprint density at radius 3 is 2.25 bits per heavy atom. The number of aryl methyl sites for hydroxylation is 2. The van der Waals surface area contributed by atoms with Gasteiger partial charge in [-0.1, -0.05) is 13.8 Å². The minimum Gasteiger partial charge on any atom is -0.477 e. The quantitative estimate of drug-likeness (QED) is 0.694. The largest absolute Gasteiger partial charge is 0.477 e. The van der Waals surface area contributed by atoms with Crippen LogP contribution in [0.1, 0.15) is 29.9 Å². The van der Waals surface area contributed by atoms with Crippen LogP contribution in [0.5, 0.6) is 0 Å². The molecule has 0 amide bonds. The van der Waals surface area contributed by atoms with Crippen molar-refractivity contribution in [3.63, 3.8) is 0 Å². The number of carboxylic acids is 1. The molecule has 0 saturated heterocycles. The topological polar surface area (TPSA) is 55.1 Å². The highest BCUT2D eigenvalue weighted by atomic mass is 16.4. The molecule has 68 valence electrons. The lowest BCUT2D eigenvalue weighted by Gasteiger charge is -1.94. The minimum atomic E-state index is -0.933. The molecule has 12 heavy (non-hydrogen) atoms. The molecule has 1 N–H and O–H groups in total. The molecule has 4 heteroatoms. The van der Waals surface area contributed by atoms with E-state index < -0.39 is 5.97 Å². The molecule has 1 rings (SSSR count). The maximum absolute atomic E-state index is 10.4. The van der Waals surface area contributed by atoms with Crippen LogP contribution in [0, 0.1) is 6.92 Å². The summed E-state index contributed by atoms with van der Waals surface area (Å²) in [7, 11) is 1.61. The van der Waals surface area contributed by atoms with Gasteiger partial charge in [0.25, 0.3) is 0 Å². The summed E-state index contributed by atoms with van der Waals surface area (Å²) in [6.07, 6.45) is 1.53. The second-order valence-electron chi connectivity index (χ2n) is 2.10. The van der Waals surface area contributed by atoms with Crippen LogP contribution in [0.25, 0.3) is 0 Å². The van der Waals surface area contributed by atoms with Crippen molar-refractivity contribution in [3.8, 4) is 0 Å². The number of aromatic nitrogens is 2. The number of nitrogens with zero attached hydrogens (tertiary/aromatic N) is 2. The molecular weight excluding hydrogens is 156 g/mol. The Morgan fingerprint density at radius 1 is 1.58 bits per heavy atom. The normalized spacial score (nSPS) is 8.67. The van der Waals surface area contributed by atoms with E-state index in [2.05, 4.69) is 5.10 Å². The van der Waals surface area contributed by atoms with Gasteiger partial charge in [-0.3, -0.25) is 4.68 Å². The summed E-state index contributed by atoms with van der Waals surface area (Å²) in [6, 6.07) is 0. The van der Waals surface area contributed by atoms with E-state index in [0.29, 0.717) is 5.56 Å². The van der Waals surface area contributed by atoms with Crippen molar-refractivity contribution >= 4 is 5.97 Å². The minimum absolute atomic E-state index is 0.250. The molecule has 0 aliphatic carbocycles. The van der Waals surface area contributed by atoms with Gasteiger partial charge in [-0.15, -0.1) is 0 Å². The summed E-state index contributed by atoms with van der Waals surface area (Å²) in [5, 5.41) is 12.3. The molecule has 0 fully saturated rings. The van der Waals surface area contributed by atoms with Crippen molar-refractivity contribution in [1.29, 1.82) is 0 Å². The summed E-state index contributed by atoms with van der Waals surface area (Å²) in [5.41, 5.74) is 0.940. The third kappa shape index (κ3) is 2.08. The van der Waals surface area contributed by atoms with E-state index in [1.165, 1.54) is 10.9 Å². The lowest BCUT2D eigenvalue weighted by atomic mass is 10.3. The smallest absolute Gasteiger partial charge is 0.354 e.